The van der Waals surface area contributed by atoms with Gasteiger partial charge in [-0.15, -0.1) is 0 Å². The summed E-state index contributed by atoms with van der Waals surface area (Å²) in [7, 11) is 0. The van der Waals surface area contributed by atoms with Gasteiger partial charge < -0.3 is 15.7 Å². The fraction of sp³-hybridized carbons (Fsp3) is 0.294. The first kappa shape index (κ1) is 17.4. The van der Waals surface area contributed by atoms with Gasteiger partial charge >= 0.3 is 12.0 Å². The number of aliphatic carboxylic acids is 1. The van der Waals surface area contributed by atoms with Crippen molar-refractivity contribution in [2.24, 2.45) is 0 Å². The number of aromatic nitrogens is 2. The van der Waals surface area contributed by atoms with E-state index in [1.54, 1.807) is 13.0 Å². The number of nitrogens with zero attached hydrogens (tertiary/aromatic N) is 2. The first-order valence-corrected chi connectivity index (χ1v) is 7.66. The minimum atomic E-state index is -0.885. The molecule has 1 atom stereocenters. The Hall–Kier alpha value is -2.96. The molecule has 0 aliphatic heterocycles. The van der Waals surface area contributed by atoms with Gasteiger partial charge in [0.1, 0.15) is 0 Å². The van der Waals surface area contributed by atoms with Crippen LogP contribution in [-0.2, 0) is 11.2 Å². The number of benzene rings is 1. The second kappa shape index (κ2) is 8.61. The second-order valence-electron chi connectivity index (χ2n) is 5.45. The molecule has 1 aromatic carbocycles. The van der Waals surface area contributed by atoms with Crippen molar-refractivity contribution >= 4 is 17.7 Å². The van der Waals surface area contributed by atoms with Gasteiger partial charge in [-0.25, -0.2) is 4.79 Å². The van der Waals surface area contributed by atoms with Gasteiger partial charge in [-0.2, -0.15) is 10.2 Å². The van der Waals surface area contributed by atoms with Crippen molar-refractivity contribution in [3.63, 3.8) is 0 Å². The van der Waals surface area contributed by atoms with Crippen molar-refractivity contribution in [3.8, 4) is 0 Å². The quantitative estimate of drug-likeness (QED) is 0.724. The third-order valence-electron chi connectivity index (χ3n) is 3.52. The van der Waals surface area contributed by atoms with Crippen molar-refractivity contribution in [3.05, 3.63) is 53.9 Å². The highest BCUT2D eigenvalue weighted by molar-refractivity contribution is 5.89. The van der Waals surface area contributed by atoms with Crippen LogP contribution in [-0.4, -0.2) is 33.3 Å². The number of nitrogens with one attached hydrogen (secondary N) is 2. The fourth-order valence-corrected chi connectivity index (χ4v) is 2.30. The van der Waals surface area contributed by atoms with Crippen LogP contribution in [0, 0.1) is 6.92 Å². The molecule has 0 radical (unpaired) electrons. The minimum Gasteiger partial charge on any atom is -0.481 e. The lowest BCUT2D eigenvalue weighted by Gasteiger charge is -2.19. The fourth-order valence-electron chi connectivity index (χ4n) is 2.30. The summed E-state index contributed by atoms with van der Waals surface area (Å²) in [6.45, 7) is 1.74. The van der Waals surface area contributed by atoms with E-state index in [1.165, 1.54) is 6.20 Å². The van der Waals surface area contributed by atoms with E-state index in [9.17, 15) is 9.59 Å². The molecule has 0 aliphatic rings. The van der Waals surface area contributed by atoms with Crippen LogP contribution in [0.5, 0.6) is 0 Å². The lowest BCUT2D eigenvalue weighted by atomic mass is 10.0. The zero-order chi connectivity index (χ0) is 17.4. The topological polar surface area (TPSA) is 104 Å². The number of amides is 2. The van der Waals surface area contributed by atoms with Gasteiger partial charge in [0.2, 0.25) is 0 Å². The first-order chi connectivity index (χ1) is 11.5. The van der Waals surface area contributed by atoms with Crippen molar-refractivity contribution in [1.29, 1.82) is 0 Å². The molecule has 0 fully saturated rings. The van der Waals surface area contributed by atoms with E-state index in [4.69, 9.17) is 5.11 Å². The molecule has 2 amide bonds. The van der Waals surface area contributed by atoms with E-state index >= 15 is 0 Å². The highest BCUT2D eigenvalue weighted by atomic mass is 16.4. The third-order valence-corrected chi connectivity index (χ3v) is 3.52. The van der Waals surface area contributed by atoms with Crippen molar-refractivity contribution < 1.29 is 14.7 Å². The molecule has 0 spiro atoms. The molecule has 2 rings (SSSR count). The molecule has 0 saturated carbocycles. The first-order valence-electron chi connectivity index (χ1n) is 7.66. The molecule has 1 heterocycles. The summed E-state index contributed by atoms with van der Waals surface area (Å²) in [5.41, 5.74) is 2.21. The van der Waals surface area contributed by atoms with Crippen LogP contribution < -0.4 is 10.6 Å². The largest absolute Gasteiger partial charge is 0.481 e. The van der Waals surface area contributed by atoms with Gasteiger partial charge in [0.05, 0.1) is 17.6 Å². The molecule has 126 valence electrons. The maximum absolute atomic E-state index is 12.2. The molecule has 3 N–H and O–H groups in total. The van der Waals surface area contributed by atoms with E-state index in [0.29, 0.717) is 24.2 Å². The van der Waals surface area contributed by atoms with Crippen molar-refractivity contribution in [2.45, 2.75) is 32.2 Å². The number of carbonyl (C=O) groups is 2. The Balaban J connectivity index is 1.99. The number of hydrogen-bond acceptors (Lipinski definition) is 4. The van der Waals surface area contributed by atoms with Gasteiger partial charge in [0.25, 0.3) is 0 Å². The Bertz CT molecular complexity index is 691. The van der Waals surface area contributed by atoms with Crippen LogP contribution in [0.3, 0.4) is 0 Å². The van der Waals surface area contributed by atoms with Crippen molar-refractivity contribution in [2.75, 3.05) is 5.32 Å². The zero-order valence-corrected chi connectivity index (χ0v) is 13.4. The average molecular weight is 328 g/mol. The van der Waals surface area contributed by atoms with E-state index in [-0.39, 0.29) is 12.5 Å². The molecular weight excluding hydrogens is 308 g/mol. The number of carboxylic acids is 1. The molecule has 7 heteroatoms. The predicted octanol–water partition coefficient (Wildman–Crippen LogP) is 2.38. The van der Waals surface area contributed by atoms with Crippen LogP contribution >= 0.6 is 0 Å². The van der Waals surface area contributed by atoms with Crippen LogP contribution in [0.1, 0.15) is 24.1 Å². The summed E-state index contributed by atoms with van der Waals surface area (Å²) in [5, 5.41) is 22.0. The molecule has 0 bridgehead atoms. The molecular formula is C17H20N4O3. The monoisotopic (exact) mass is 328 g/mol. The predicted molar refractivity (Wildman–Crippen MR) is 89.7 cm³/mol. The molecule has 24 heavy (non-hydrogen) atoms. The van der Waals surface area contributed by atoms with Gasteiger partial charge in [0.15, 0.2) is 0 Å². The summed E-state index contributed by atoms with van der Waals surface area (Å²) in [6.07, 6.45) is 2.41. The molecule has 1 unspecified atom stereocenters. The lowest BCUT2D eigenvalue weighted by molar-refractivity contribution is -0.137. The molecule has 7 nitrogen and oxygen atoms in total. The van der Waals surface area contributed by atoms with E-state index < -0.39 is 12.0 Å². The highest BCUT2D eigenvalue weighted by Gasteiger charge is 2.15. The van der Waals surface area contributed by atoms with Gasteiger partial charge in [-0.05, 0) is 31.4 Å². The molecule has 2 aromatic rings. The zero-order valence-electron chi connectivity index (χ0n) is 13.4. The normalized spacial score (nSPS) is 11.5. The van der Waals surface area contributed by atoms with Gasteiger partial charge in [-0.1, -0.05) is 30.3 Å². The van der Waals surface area contributed by atoms with Crippen molar-refractivity contribution in [1.82, 2.24) is 15.5 Å². The SMILES string of the molecule is Cc1nnccc1NC(=O)NC(CCC(=O)O)Cc1ccccc1. The maximum Gasteiger partial charge on any atom is 0.319 e. The summed E-state index contributed by atoms with van der Waals surface area (Å²) in [4.78, 5) is 23.0. The number of hydrogen-bond donors (Lipinski definition) is 3. The van der Waals surface area contributed by atoms with Gasteiger partial charge in [-0.3, -0.25) is 4.79 Å². The van der Waals surface area contributed by atoms with E-state index in [0.717, 1.165) is 5.56 Å². The number of anilines is 1. The smallest absolute Gasteiger partial charge is 0.319 e. The number of aryl methyl sites for hydroxylation is 1. The summed E-state index contributed by atoms with van der Waals surface area (Å²) >= 11 is 0. The molecule has 0 saturated heterocycles. The Morgan fingerprint density at radius 2 is 1.96 bits per heavy atom. The lowest BCUT2D eigenvalue weighted by Crippen LogP contribution is -2.39. The maximum atomic E-state index is 12.2. The Morgan fingerprint density at radius 1 is 1.21 bits per heavy atom. The van der Waals surface area contributed by atoms with Gasteiger partial charge in [0, 0.05) is 12.5 Å². The summed E-state index contributed by atoms with van der Waals surface area (Å²) < 4.78 is 0. The Kier molecular flexibility index (Phi) is 6.24. The minimum absolute atomic E-state index is 0.00633. The summed E-state index contributed by atoms with van der Waals surface area (Å²) in [5.74, 6) is -0.885. The second-order valence-corrected chi connectivity index (χ2v) is 5.45. The number of rotatable bonds is 7. The number of carboxylic acid groups (broad SMARTS) is 1. The highest BCUT2D eigenvalue weighted by Crippen LogP contribution is 2.11. The van der Waals surface area contributed by atoms with Crippen LogP contribution in [0.4, 0.5) is 10.5 Å². The number of carbonyl (C=O) groups excluding carboxylic acids is 1. The van der Waals surface area contributed by atoms with Crippen LogP contribution in [0.2, 0.25) is 0 Å². The number of urea groups is 1. The summed E-state index contributed by atoms with van der Waals surface area (Å²) in [6, 6.07) is 10.6. The Morgan fingerprint density at radius 3 is 2.62 bits per heavy atom. The average Bonchev–Trinajstić information content (AvgIpc) is 2.56. The third kappa shape index (κ3) is 5.68. The van der Waals surface area contributed by atoms with E-state index in [2.05, 4.69) is 20.8 Å². The van der Waals surface area contributed by atoms with E-state index in [1.807, 2.05) is 30.3 Å². The Labute approximate surface area is 140 Å². The molecule has 1 aromatic heterocycles. The van der Waals surface area contributed by atoms with Crippen LogP contribution in [0.15, 0.2) is 42.6 Å². The standard InChI is InChI=1S/C17H20N4O3/c1-12-15(9-10-18-21-12)20-17(24)19-14(7-8-16(22)23)11-13-5-3-2-4-6-13/h2-6,9-10,14H,7-8,11H2,1H3,(H,22,23)(H2,18,19,20,24). The van der Waals surface area contributed by atoms with Crippen LogP contribution in [0.25, 0.3) is 0 Å². The molecule has 0 aliphatic carbocycles.